The smallest absolute Gasteiger partial charge is 0.323 e. The summed E-state index contributed by atoms with van der Waals surface area (Å²) < 4.78 is 38.5. The summed E-state index contributed by atoms with van der Waals surface area (Å²) in [7, 11) is -1.92. The number of carbonyl (C=O) groups is 2. The third-order valence-corrected chi connectivity index (χ3v) is 10.4. The van der Waals surface area contributed by atoms with Crippen LogP contribution >= 0.6 is 0 Å². The molecule has 1 aromatic carbocycles. The molecule has 3 aliphatic rings. The number of carbonyl (C=O) groups excluding carboxylic acids is 2. The van der Waals surface area contributed by atoms with Crippen molar-refractivity contribution in [2.45, 2.75) is 69.8 Å². The maximum atomic E-state index is 13.2. The number of hydrogen-bond donors (Lipinski definition) is 1. The van der Waals surface area contributed by atoms with E-state index in [1.165, 1.54) is 4.31 Å². The summed E-state index contributed by atoms with van der Waals surface area (Å²) in [6, 6.07) is 8.19. The largest absolute Gasteiger partial charge is 0.465 e. The fraction of sp³-hybridized carbons (Fsp3) is 0.714. The summed E-state index contributed by atoms with van der Waals surface area (Å²) >= 11 is 0. The fourth-order valence-electron chi connectivity index (χ4n) is 6.52. The SMILES string of the molecule is CCOC(=O)C1CC2CC(CN3CC(N(C)S(=O)(=O)Cc4ccccc4)CC3C(=O)OCC)CCC2CN1. The number of sulfonamides is 1. The van der Waals surface area contributed by atoms with Crippen LogP contribution in [0.5, 0.6) is 0 Å². The minimum atomic E-state index is -3.55. The van der Waals surface area contributed by atoms with Gasteiger partial charge >= 0.3 is 11.9 Å². The number of nitrogens with zero attached hydrogens (tertiary/aromatic N) is 2. The number of nitrogens with one attached hydrogen (secondary N) is 1. The highest BCUT2D eigenvalue weighted by Gasteiger charge is 2.44. The maximum absolute atomic E-state index is 13.2. The molecule has 0 radical (unpaired) electrons. The highest BCUT2D eigenvalue weighted by Crippen LogP contribution is 2.40. The molecule has 0 amide bonds. The third-order valence-electron chi connectivity index (χ3n) is 8.56. The molecule has 1 aliphatic carbocycles. The van der Waals surface area contributed by atoms with Gasteiger partial charge in [-0.1, -0.05) is 30.3 Å². The quantitative estimate of drug-likeness (QED) is 0.444. The van der Waals surface area contributed by atoms with Crippen molar-refractivity contribution in [2.24, 2.45) is 17.8 Å². The third kappa shape index (κ3) is 6.94. The van der Waals surface area contributed by atoms with Gasteiger partial charge in [-0.15, -0.1) is 0 Å². The number of ether oxygens (including phenoxy) is 2. The van der Waals surface area contributed by atoms with Crippen molar-refractivity contribution in [3.05, 3.63) is 35.9 Å². The van der Waals surface area contributed by atoms with Crippen molar-refractivity contribution < 1.29 is 27.5 Å². The van der Waals surface area contributed by atoms with Crippen molar-refractivity contribution >= 4 is 22.0 Å². The molecule has 1 saturated carbocycles. The van der Waals surface area contributed by atoms with Gasteiger partial charge in [-0.25, -0.2) is 12.7 Å². The number of rotatable bonds is 10. The number of piperidine rings is 1. The molecule has 4 rings (SSSR count). The average Bonchev–Trinajstić information content (AvgIpc) is 3.32. The van der Waals surface area contributed by atoms with Gasteiger partial charge in [-0.05, 0) is 75.8 Å². The number of hydrogen-bond acceptors (Lipinski definition) is 8. The molecule has 2 heterocycles. The van der Waals surface area contributed by atoms with E-state index in [9.17, 15) is 18.0 Å². The summed E-state index contributed by atoms with van der Waals surface area (Å²) in [6.45, 7) is 6.37. The molecule has 2 saturated heterocycles. The monoisotopic (exact) mass is 549 g/mol. The van der Waals surface area contributed by atoms with Gasteiger partial charge < -0.3 is 14.8 Å². The van der Waals surface area contributed by atoms with E-state index in [1.54, 1.807) is 14.0 Å². The van der Waals surface area contributed by atoms with E-state index in [1.807, 2.05) is 37.3 Å². The molecule has 38 heavy (non-hydrogen) atoms. The molecule has 2 aliphatic heterocycles. The van der Waals surface area contributed by atoms with Crippen molar-refractivity contribution in [2.75, 3.05) is 39.9 Å². The Morgan fingerprint density at radius 3 is 2.42 bits per heavy atom. The van der Waals surface area contributed by atoms with Crippen molar-refractivity contribution in [3.63, 3.8) is 0 Å². The van der Waals surface area contributed by atoms with Gasteiger partial charge in [0.1, 0.15) is 12.1 Å². The van der Waals surface area contributed by atoms with Gasteiger partial charge in [-0.3, -0.25) is 14.5 Å². The zero-order chi connectivity index (χ0) is 27.3. The molecule has 1 aromatic rings. The van der Waals surface area contributed by atoms with Gasteiger partial charge in [0.25, 0.3) is 0 Å². The first-order valence-corrected chi connectivity index (χ1v) is 15.6. The van der Waals surface area contributed by atoms with Crippen LogP contribution in [0.4, 0.5) is 0 Å². The van der Waals surface area contributed by atoms with E-state index in [2.05, 4.69) is 10.2 Å². The number of esters is 2. The Morgan fingerprint density at radius 1 is 1.00 bits per heavy atom. The number of benzene rings is 1. The van der Waals surface area contributed by atoms with Crippen LogP contribution in [0.2, 0.25) is 0 Å². The van der Waals surface area contributed by atoms with Crippen LogP contribution in [0.25, 0.3) is 0 Å². The average molecular weight is 550 g/mol. The molecule has 1 N–H and O–H groups in total. The van der Waals surface area contributed by atoms with Crippen LogP contribution < -0.4 is 5.32 Å². The predicted molar refractivity (Wildman–Crippen MR) is 145 cm³/mol. The van der Waals surface area contributed by atoms with Gasteiger partial charge in [0.15, 0.2) is 0 Å². The van der Waals surface area contributed by atoms with Gasteiger partial charge in [0.05, 0.1) is 19.0 Å². The lowest BCUT2D eigenvalue weighted by atomic mass is 9.69. The van der Waals surface area contributed by atoms with Gasteiger partial charge in [0, 0.05) is 26.2 Å². The summed E-state index contributed by atoms with van der Waals surface area (Å²) in [5.74, 6) is 0.876. The summed E-state index contributed by atoms with van der Waals surface area (Å²) in [4.78, 5) is 27.4. The lowest BCUT2D eigenvalue weighted by Gasteiger charge is -2.43. The molecule has 212 valence electrons. The second-order valence-electron chi connectivity index (χ2n) is 11.0. The van der Waals surface area contributed by atoms with Crippen LogP contribution in [0.3, 0.4) is 0 Å². The number of likely N-dealkylation sites (N-methyl/N-ethyl adjacent to an activating group) is 1. The number of likely N-dealkylation sites (tertiary alicyclic amines) is 1. The fourth-order valence-corrected chi connectivity index (χ4v) is 7.95. The topological polar surface area (TPSA) is 105 Å². The molecule has 0 spiro atoms. The van der Waals surface area contributed by atoms with Crippen LogP contribution in [0, 0.1) is 17.8 Å². The second kappa shape index (κ2) is 12.9. The van der Waals surface area contributed by atoms with E-state index < -0.39 is 16.1 Å². The molecule has 0 aromatic heterocycles. The van der Waals surface area contributed by atoms with E-state index in [0.29, 0.717) is 43.9 Å². The molecule has 9 nitrogen and oxygen atoms in total. The summed E-state index contributed by atoms with van der Waals surface area (Å²) in [5.41, 5.74) is 0.746. The minimum Gasteiger partial charge on any atom is -0.465 e. The van der Waals surface area contributed by atoms with Gasteiger partial charge in [0.2, 0.25) is 10.0 Å². The zero-order valence-electron chi connectivity index (χ0n) is 22.9. The van der Waals surface area contributed by atoms with E-state index in [-0.39, 0.29) is 29.8 Å². The predicted octanol–water partition coefficient (Wildman–Crippen LogP) is 2.41. The van der Waals surface area contributed by atoms with Crippen molar-refractivity contribution in [3.8, 4) is 0 Å². The Bertz CT molecular complexity index is 1050. The van der Waals surface area contributed by atoms with Crippen molar-refractivity contribution in [1.82, 2.24) is 14.5 Å². The Kier molecular flexibility index (Phi) is 9.84. The highest BCUT2D eigenvalue weighted by molar-refractivity contribution is 7.88. The van der Waals surface area contributed by atoms with Crippen LogP contribution in [-0.2, 0) is 34.8 Å². The normalized spacial score (nSPS) is 30.1. The first-order chi connectivity index (χ1) is 18.2. The first-order valence-electron chi connectivity index (χ1n) is 14.0. The Balaban J connectivity index is 1.41. The lowest BCUT2D eigenvalue weighted by Crippen LogP contribution is -2.51. The Labute approximate surface area is 227 Å². The standard InChI is InChI=1S/C28H43N3O6S/c1-4-36-27(32)25-14-23-13-21(11-12-22(23)16-29-25)17-31-18-24(15-26(31)28(33)37-5-2)30(3)38(34,35)19-20-9-7-6-8-10-20/h6-10,21-26,29H,4-5,11-19H2,1-3H3. The zero-order valence-corrected chi connectivity index (χ0v) is 23.7. The van der Waals surface area contributed by atoms with E-state index in [0.717, 1.165) is 44.3 Å². The molecule has 6 atom stereocenters. The molecule has 0 bridgehead atoms. The summed E-state index contributed by atoms with van der Waals surface area (Å²) in [5, 5.41) is 3.37. The van der Waals surface area contributed by atoms with Crippen molar-refractivity contribution in [1.29, 1.82) is 0 Å². The van der Waals surface area contributed by atoms with E-state index >= 15 is 0 Å². The van der Waals surface area contributed by atoms with Crippen LogP contribution in [-0.4, -0.2) is 87.6 Å². The summed E-state index contributed by atoms with van der Waals surface area (Å²) in [6.07, 6.45) is 4.36. The molecular formula is C28H43N3O6S. The molecule has 3 fully saturated rings. The first kappa shape index (κ1) is 29.0. The van der Waals surface area contributed by atoms with Crippen LogP contribution in [0.1, 0.15) is 51.5 Å². The van der Waals surface area contributed by atoms with Crippen LogP contribution in [0.15, 0.2) is 30.3 Å². The minimum absolute atomic E-state index is 0.0632. The maximum Gasteiger partial charge on any atom is 0.323 e. The van der Waals surface area contributed by atoms with E-state index in [4.69, 9.17) is 9.47 Å². The molecule has 6 unspecified atom stereocenters. The highest BCUT2D eigenvalue weighted by atomic mass is 32.2. The Morgan fingerprint density at radius 2 is 1.71 bits per heavy atom. The lowest BCUT2D eigenvalue weighted by molar-refractivity contribution is -0.149. The molecular weight excluding hydrogens is 506 g/mol. The second-order valence-corrected chi connectivity index (χ2v) is 13.0. The number of fused-ring (bicyclic) bond motifs is 1. The Hall–Kier alpha value is -2.01. The molecule has 10 heteroatoms. The van der Waals surface area contributed by atoms with Gasteiger partial charge in [-0.2, -0.15) is 0 Å².